The number of rotatable bonds is 3. The van der Waals surface area contributed by atoms with E-state index in [0.29, 0.717) is 18.9 Å². The average Bonchev–Trinajstić information content (AvgIpc) is 2.61. The topological polar surface area (TPSA) is 67.3 Å². The quantitative estimate of drug-likeness (QED) is 0.931. The van der Waals surface area contributed by atoms with Gasteiger partial charge in [0.25, 0.3) is 0 Å². The van der Waals surface area contributed by atoms with Crippen LogP contribution in [0.4, 0.5) is 10.6 Å². The van der Waals surface area contributed by atoms with Gasteiger partial charge in [-0.1, -0.05) is 35.4 Å². The fraction of sp³-hybridized carbons (Fsp3) is 0.316. The molecule has 1 aromatic heterocycles. The summed E-state index contributed by atoms with van der Waals surface area (Å²) in [6.45, 7) is 5.47. The number of nitrogens with one attached hydrogen (secondary N) is 1. The molecule has 6 nitrogen and oxygen atoms in total. The minimum Gasteiger partial charge on any atom is -0.467 e. The van der Waals surface area contributed by atoms with E-state index in [1.165, 1.54) is 29.4 Å². The molecule has 130 valence electrons. The molecule has 0 bridgehead atoms. The highest BCUT2D eigenvalue weighted by Gasteiger charge is 2.18. The molecule has 6 heteroatoms. The van der Waals surface area contributed by atoms with Crippen LogP contribution in [0.1, 0.15) is 23.1 Å². The Balaban J connectivity index is 1.66. The zero-order chi connectivity index (χ0) is 17.8. The predicted octanol–water partition coefficient (Wildman–Crippen LogP) is 3.42. The van der Waals surface area contributed by atoms with E-state index in [-0.39, 0.29) is 12.0 Å². The zero-order valence-corrected chi connectivity index (χ0v) is 14.7. The van der Waals surface area contributed by atoms with E-state index in [9.17, 15) is 4.79 Å². The van der Waals surface area contributed by atoms with Gasteiger partial charge in [0, 0.05) is 19.3 Å². The summed E-state index contributed by atoms with van der Waals surface area (Å²) < 4.78 is 4.97. The lowest BCUT2D eigenvalue weighted by Crippen LogP contribution is -2.38. The summed E-state index contributed by atoms with van der Waals surface area (Å²) in [6, 6.07) is 8.26. The van der Waals surface area contributed by atoms with Gasteiger partial charge in [-0.3, -0.25) is 5.32 Å². The molecule has 0 aliphatic carbocycles. The molecule has 25 heavy (non-hydrogen) atoms. The summed E-state index contributed by atoms with van der Waals surface area (Å²) in [5, 5.41) is 2.79. The second-order valence-electron chi connectivity index (χ2n) is 6.16. The van der Waals surface area contributed by atoms with Crippen LogP contribution in [0.2, 0.25) is 0 Å². The molecule has 1 aromatic carbocycles. The predicted molar refractivity (Wildman–Crippen MR) is 97.7 cm³/mol. The van der Waals surface area contributed by atoms with Gasteiger partial charge in [-0.25, -0.2) is 9.78 Å². The highest BCUT2D eigenvalue weighted by molar-refractivity contribution is 5.89. The number of hydrogen-bond donors (Lipinski definition) is 1. The molecule has 3 rings (SSSR count). The maximum absolute atomic E-state index is 12.4. The summed E-state index contributed by atoms with van der Waals surface area (Å²) >= 11 is 0. The average molecular weight is 338 g/mol. The smallest absolute Gasteiger partial charge is 0.323 e. The third-order valence-corrected chi connectivity index (χ3v) is 4.14. The van der Waals surface area contributed by atoms with Crippen LogP contribution < -0.4 is 10.1 Å². The maximum atomic E-state index is 12.4. The molecule has 1 N–H and O–H groups in total. The summed E-state index contributed by atoms with van der Waals surface area (Å²) in [5.41, 5.74) is 5.06. The van der Waals surface area contributed by atoms with Crippen molar-refractivity contribution in [1.82, 2.24) is 14.9 Å². The van der Waals surface area contributed by atoms with Gasteiger partial charge in [-0.15, -0.1) is 0 Å². The number of nitrogens with zero attached hydrogens (tertiary/aromatic N) is 3. The van der Waals surface area contributed by atoms with Crippen LogP contribution in [-0.2, 0) is 0 Å². The Hall–Kier alpha value is -2.89. The number of carbonyl (C=O) groups is 1. The van der Waals surface area contributed by atoms with Crippen LogP contribution in [0, 0.1) is 13.8 Å². The van der Waals surface area contributed by atoms with Crippen molar-refractivity contribution in [3.8, 4) is 6.01 Å². The molecule has 0 saturated heterocycles. The van der Waals surface area contributed by atoms with E-state index >= 15 is 0 Å². The molecule has 0 atom stereocenters. The van der Waals surface area contributed by atoms with E-state index in [0.717, 1.165) is 6.42 Å². The Morgan fingerprint density at radius 2 is 2.00 bits per heavy atom. The van der Waals surface area contributed by atoms with Gasteiger partial charge in [0.05, 0.1) is 7.11 Å². The van der Waals surface area contributed by atoms with Gasteiger partial charge in [-0.2, -0.15) is 4.98 Å². The molecule has 0 spiro atoms. The summed E-state index contributed by atoms with van der Waals surface area (Å²) in [7, 11) is 1.49. The highest BCUT2D eigenvalue weighted by Crippen LogP contribution is 2.24. The van der Waals surface area contributed by atoms with Gasteiger partial charge >= 0.3 is 12.0 Å². The monoisotopic (exact) mass is 338 g/mol. The Kier molecular flexibility index (Phi) is 4.97. The van der Waals surface area contributed by atoms with Crippen molar-refractivity contribution in [3.63, 3.8) is 0 Å². The molecule has 0 saturated carbocycles. The second kappa shape index (κ2) is 7.34. The van der Waals surface area contributed by atoms with Crippen molar-refractivity contribution in [2.24, 2.45) is 0 Å². The fourth-order valence-electron chi connectivity index (χ4n) is 2.97. The molecule has 0 fully saturated rings. The largest absolute Gasteiger partial charge is 0.467 e. The number of aryl methyl sites for hydroxylation is 2. The van der Waals surface area contributed by atoms with Gasteiger partial charge in [0.1, 0.15) is 5.82 Å². The number of methoxy groups -OCH3 is 1. The number of urea groups is 1. The summed E-state index contributed by atoms with van der Waals surface area (Å²) in [5.74, 6) is 0.431. The third kappa shape index (κ3) is 4.15. The number of ether oxygens (including phenoxy) is 1. The molecule has 1 aliphatic rings. The first kappa shape index (κ1) is 17.0. The zero-order valence-electron chi connectivity index (χ0n) is 14.7. The van der Waals surface area contributed by atoms with E-state index in [2.05, 4.69) is 53.4 Å². The van der Waals surface area contributed by atoms with Gasteiger partial charge < -0.3 is 9.64 Å². The van der Waals surface area contributed by atoms with Crippen molar-refractivity contribution >= 4 is 17.4 Å². The number of amides is 2. The number of aromatic nitrogens is 2. The standard InChI is InChI=1S/C19H22N4O2/c1-13-10-14(2)12-16(11-13)15-5-8-23(9-6-15)19(24)22-17-4-7-20-18(21-17)25-3/h4-5,7,10-12H,6,8-9H2,1-3H3,(H,20,21,22,24). The summed E-state index contributed by atoms with van der Waals surface area (Å²) in [4.78, 5) is 22.2. The van der Waals surface area contributed by atoms with Crippen LogP contribution in [0.25, 0.3) is 5.57 Å². The molecule has 1 aliphatic heterocycles. The lowest BCUT2D eigenvalue weighted by atomic mass is 9.96. The number of benzene rings is 1. The molecular weight excluding hydrogens is 316 g/mol. The number of carbonyl (C=O) groups excluding carboxylic acids is 1. The minimum absolute atomic E-state index is 0.170. The van der Waals surface area contributed by atoms with Crippen molar-refractivity contribution in [2.45, 2.75) is 20.3 Å². The first-order chi connectivity index (χ1) is 12.0. The van der Waals surface area contributed by atoms with Crippen LogP contribution in [0.15, 0.2) is 36.5 Å². The molecule has 2 heterocycles. The Morgan fingerprint density at radius 3 is 2.64 bits per heavy atom. The number of anilines is 1. The van der Waals surface area contributed by atoms with Crippen molar-refractivity contribution in [3.05, 3.63) is 53.2 Å². The lowest BCUT2D eigenvalue weighted by molar-refractivity contribution is 0.217. The lowest BCUT2D eigenvalue weighted by Gasteiger charge is -2.27. The minimum atomic E-state index is -0.170. The van der Waals surface area contributed by atoms with E-state index < -0.39 is 0 Å². The van der Waals surface area contributed by atoms with Gasteiger partial charge in [-0.05, 0) is 37.5 Å². The third-order valence-electron chi connectivity index (χ3n) is 4.14. The van der Waals surface area contributed by atoms with Crippen molar-refractivity contribution < 1.29 is 9.53 Å². The second-order valence-corrected chi connectivity index (χ2v) is 6.16. The van der Waals surface area contributed by atoms with Crippen molar-refractivity contribution in [1.29, 1.82) is 0 Å². The van der Waals surface area contributed by atoms with Crippen LogP contribution >= 0.6 is 0 Å². The fourth-order valence-corrected chi connectivity index (χ4v) is 2.97. The van der Waals surface area contributed by atoms with E-state index in [1.807, 2.05) is 0 Å². The van der Waals surface area contributed by atoms with E-state index in [4.69, 9.17) is 4.74 Å². The first-order valence-electron chi connectivity index (χ1n) is 8.26. The Labute approximate surface area is 147 Å². The van der Waals surface area contributed by atoms with Crippen LogP contribution in [0.5, 0.6) is 6.01 Å². The molecular formula is C19H22N4O2. The molecule has 0 radical (unpaired) electrons. The SMILES string of the molecule is COc1nccc(NC(=O)N2CC=C(c3cc(C)cc(C)c3)CC2)n1. The van der Waals surface area contributed by atoms with Crippen LogP contribution in [-0.4, -0.2) is 41.1 Å². The number of hydrogen-bond acceptors (Lipinski definition) is 4. The maximum Gasteiger partial charge on any atom is 0.323 e. The van der Waals surface area contributed by atoms with Gasteiger partial charge in [0.15, 0.2) is 0 Å². The normalized spacial score (nSPS) is 14.0. The van der Waals surface area contributed by atoms with Gasteiger partial charge in [0.2, 0.25) is 0 Å². The van der Waals surface area contributed by atoms with E-state index in [1.54, 1.807) is 17.2 Å². The first-order valence-corrected chi connectivity index (χ1v) is 8.26. The summed E-state index contributed by atoms with van der Waals surface area (Å²) in [6.07, 6.45) is 4.51. The Bertz CT molecular complexity index is 797. The van der Waals surface area contributed by atoms with Crippen LogP contribution in [0.3, 0.4) is 0 Å². The highest BCUT2D eigenvalue weighted by atomic mass is 16.5. The van der Waals surface area contributed by atoms with Crippen molar-refractivity contribution in [2.75, 3.05) is 25.5 Å². The molecule has 2 aromatic rings. The molecule has 2 amide bonds. The molecule has 0 unspecified atom stereocenters. The Morgan fingerprint density at radius 1 is 1.24 bits per heavy atom.